The first-order valence-electron chi connectivity index (χ1n) is 5.92. The van der Waals surface area contributed by atoms with Crippen molar-refractivity contribution in [3.05, 3.63) is 39.9 Å². The monoisotopic (exact) mass is 327 g/mol. The van der Waals surface area contributed by atoms with Crippen molar-refractivity contribution >= 4 is 21.6 Å². The zero-order valence-corrected chi connectivity index (χ0v) is 12.4. The van der Waals surface area contributed by atoms with Crippen molar-refractivity contribution in [3.63, 3.8) is 0 Å². The normalized spacial score (nSPS) is 10.7. The topological polar surface area (TPSA) is 53.1 Å². The molecule has 19 heavy (non-hydrogen) atoms. The molecule has 0 aliphatic rings. The van der Waals surface area contributed by atoms with E-state index in [-0.39, 0.29) is 12.4 Å². The Morgan fingerprint density at radius 3 is 2.89 bits per heavy atom. The lowest BCUT2D eigenvalue weighted by atomic mass is 10.3. The summed E-state index contributed by atoms with van der Waals surface area (Å²) in [6.07, 6.45) is 0. The molecule has 0 saturated heterocycles. The van der Waals surface area contributed by atoms with E-state index in [0.29, 0.717) is 11.4 Å². The highest BCUT2D eigenvalue weighted by atomic mass is 79.9. The number of hydrogen-bond acceptors (Lipinski definition) is 3. The van der Waals surface area contributed by atoms with Gasteiger partial charge in [0.2, 0.25) is 0 Å². The van der Waals surface area contributed by atoms with Gasteiger partial charge in [-0.2, -0.15) is 5.10 Å². The summed E-state index contributed by atoms with van der Waals surface area (Å²) >= 11 is 3.48. The average molecular weight is 328 g/mol. The van der Waals surface area contributed by atoms with Crippen LogP contribution in [0.15, 0.2) is 22.7 Å². The summed E-state index contributed by atoms with van der Waals surface area (Å²) < 4.78 is 21.5. The van der Waals surface area contributed by atoms with Gasteiger partial charge in [-0.25, -0.2) is 4.39 Å². The molecule has 1 aromatic heterocycles. The van der Waals surface area contributed by atoms with Gasteiger partial charge in [-0.3, -0.25) is 4.68 Å². The standard InChI is InChI=1S/C13H15BrFN3O/c1-3-18-11(13(14)8(2)17-18)7-19-12-6-9(15)4-5-10(12)16/h4-6H,3,7,16H2,1-2H3. The molecule has 1 heterocycles. The van der Waals surface area contributed by atoms with Crippen molar-refractivity contribution in [2.24, 2.45) is 0 Å². The smallest absolute Gasteiger partial charge is 0.145 e. The Morgan fingerprint density at radius 1 is 1.47 bits per heavy atom. The van der Waals surface area contributed by atoms with Crippen LogP contribution in [0.3, 0.4) is 0 Å². The number of nitrogen functional groups attached to an aromatic ring is 1. The number of hydrogen-bond donors (Lipinski definition) is 1. The first-order valence-corrected chi connectivity index (χ1v) is 6.71. The van der Waals surface area contributed by atoms with Gasteiger partial charge < -0.3 is 10.5 Å². The zero-order chi connectivity index (χ0) is 14.0. The van der Waals surface area contributed by atoms with Crippen molar-refractivity contribution in [1.29, 1.82) is 0 Å². The van der Waals surface area contributed by atoms with Crippen LogP contribution in [0.1, 0.15) is 18.3 Å². The quantitative estimate of drug-likeness (QED) is 0.877. The molecule has 0 radical (unpaired) electrons. The third kappa shape index (κ3) is 2.89. The number of halogens is 2. The van der Waals surface area contributed by atoms with Crippen LogP contribution in [-0.4, -0.2) is 9.78 Å². The van der Waals surface area contributed by atoms with Gasteiger partial charge in [0.05, 0.1) is 21.5 Å². The lowest BCUT2D eigenvalue weighted by molar-refractivity contribution is 0.292. The van der Waals surface area contributed by atoms with E-state index in [4.69, 9.17) is 10.5 Å². The van der Waals surface area contributed by atoms with Crippen LogP contribution in [0.4, 0.5) is 10.1 Å². The number of benzene rings is 1. The van der Waals surface area contributed by atoms with Crippen LogP contribution >= 0.6 is 15.9 Å². The SMILES string of the molecule is CCn1nc(C)c(Br)c1COc1cc(F)ccc1N. The number of aromatic nitrogens is 2. The maximum atomic E-state index is 13.1. The van der Waals surface area contributed by atoms with Crippen LogP contribution in [0, 0.1) is 12.7 Å². The van der Waals surface area contributed by atoms with Crippen LogP contribution in [0.25, 0.3) is 0 Å². The van der Waals surface area contributed by atoms with E-state index in [1.165, 1.54) is 18.2 Å². The predicted octanol–water partition coefficient (Wildman–Crippen LogP) is 3.27. The highest BCUT2D eigenvalue weighted by Gasteiger charge is 2.13. The van der Waals surface area contributed by atoms with Gasteiger partial charge in [0.15, 0.2) is 0 Å². The third-order valence-corrected chi connectivity index (χ3v) is 3.82. The minimum absolute atomic E-state index is 0.281. The molecule has 0 bridgehead atoms. The van der Waals surface area contributed by atoms with Crippen molar-refractivity contribution < 1.29 is 9.13 Å². The molecule has 0 aliphatic heterocycles. The van der Waals surface area contributed by atoms with Crippen LogP contribution < -0.4 is 10.5 Å². The van der Waals surface area contributed by atoms with Crippen LogP contribution in [-0.2, 0) is 13.2 Å². The maximum absolute atomic E-state index is 13.1. The van der Waals surface area contributed by atoms with E-state index in [0.717, 1.165) is 22.4 Å². The second kappa shape index (κ2) is 5.61. The number of rotatable bonds is 4. The molecule has 6 heteroatoms. The van der Waals surface area contributed by atoms with E-state index in [1.807, 2.05) is 18.5 Å². The molecular formula is C13H15BrFN3O. The number of anilines is 1. The van der Waals surface area contributed by atoms with E-state index >= 15 is 0 Å². The molecule has 102 valence electrons. The van der Waals surface area contributed by atoms with E-state index in [2.05, 4.69) is 21.0 Å². The summed E-state index contributed by atoms with van der Waals surface area (Å²) in [7, 11) is 0. The summed E-state index contributed by atoms with van der Waals surface area (Å²) in [5, 5.41) is 4.37. The van der Waals surface area contributed by atoms with Crippen LogP contribution in [0.2, 0.25) is 0 Å². The number of aryl methyl sites for hydroxylation is 2. The molecular weight excluding hydrogens is 313 g/mol. The lowest BCUT2D eigenvalue weighted by Crippen LogP contribution is -2.07. The molecule has 2 aromatic rings. The number of ether oxygens (including phenoxy) is 1. The van der Waals surface area contributed by atoms with Crippen LogP contribution in [0.5, 0.6) is 5.75 Å². The molecule has 0 saturated carbocycles. The van der Waals surface area contributed by atoms with Gasteiger partial charge in [0.1, 0.15) is 18.2 Å². The van der Waals surface area contributed by atoms with E-state index < -0.39 is 0 Å². The van der Waals surface area contributed by atoms with Gasteiger partial charge in [-0.1, -0.05) is 0 Å². The summed E-state index contributed by atoms with van der Waals surface area (Å²) in [5.41, 5.74) is 7.96. The molecule has 0 aliphatic carbocycles. The first-order chi connectivity index (χ1) is 9.02. The molecule has 0 unspecified atom stereocenters. The summed E-state index contributed by atoms with van der Waals surface area (Å²) in [6, 6.07) is 4.07. The molecule has 0 amide bonds. The second-order valence-electron chi connectivity index (χ2n) is 4.13. The summed E-state index contributed by atoms with van der Waals surface area (Å²) in [5.74, 6) is -0.0307. The fourth-order valence-electron chi connectivity index (χ4n) is 1.79. The molecule has 0 atom stereocenters. The summed E-state index contributed by atoms with van der Waals surface area (Å²) in [6.45, 7) is 4.93. The lowest BCUT2D eigenvalue weighted by Gasteiger charge is -2.10. The number of nitrogens with two attached hydrogens (primary N) is 1. The Balaban J connectivity index is 2.21. The van der Waals surface area contributed by atoms with Gasteiger partial charge in [-0.05, 0) is 41.9 Å². The Labute approximate surface area is 119 Å². The van der Waals surface area contributed by atoms with Gasteiger partial charge in [-0.15, -0.1) is 0 Å². The molecule has 2 rings (SSSR count). The largest absolute Gasteiger partial charge is 0.485 e. The van der Waals surface area contributed by atoms with E-state index in [9.17, 15) is 4.39 Å². The van der Waals surface area contributed by atoms with Gasteiger partial charge >= 0.3 is 0 Å². The Bertz CT molecular complexity index is 598. The highest BCUT2D eigenvalue weighted by molar-refractivity contribution is 9.10. The fraction of sp³-hybridized carbons (Fsp3) is 0.308. The van der Waals surface area contributed by atoms with Crippen molar-refractivity contribution in [2.75, 3.05) is 5.73 Å². The minimum atomic E-state index is -0.372. The maximum Gasteiger partial charge on any atom is 0.145 e. The average Bonchev–Trinajstić information content (AvgIpc) is 2.66. The minimum Gasteiger partial charge on any atom is -0.485 e. The van der Waals surface area contributed by atoms with E-state index in [1.54, 1.807) is 0 Å². The fourth-order valence-corrected chi connectivity index (χ4v) is 2.18. The predicted molar refractivity (Wildman–Crippen MR) is 75.5 cm³/mol. The zero-order valence-electron chi connectivity index (χ0n) is 10.8. The second-order valence-corrected chi connectivity index (χ2v) is 4.93. The van der Waals surface area contributed by atoms with Crippen molar-refractivity contribution in [2.45, 2.75) is 27.0 Å². The molecule has 4 nitrogen and oxygen atoms in total. The Morgan fingerprint density at radius 2 is 2.21 bits per heavy atom. The van der Waals surface area contributed by atoms with Gasteiger partial charge in [0.25, 0.3) is 0 Å². The third-order valence-electron chi connectivity index (χ3n) is 2.79. The van der Waals surface area contributed by atoms with Crippen molar-refractivity contribution in [1.82, 2.24) is 9.78 Å². The molecule has 0 fully saturated rings. The Hall–Kier alpha value is -1.56. The first kappa shape index (κ1) is 13.9. The van der Waals surface area contributed by atoms with Crippen molar-refractivity contribution in [3.8, 4) is 5.75 Å². The molecule has 2 N–H and O–H groups in total. The Kier molecular flexibility index (Phi) is 4.09. The highest BCUT2D eigenvalue weighted by Crippen LogP contribution is 2.26. The number of nitrogens with zero attached hydrogens (tertiary/aromatic N) is 2. The van der Waals surface area contributed by atoms with Gasteiger partial charge in [0, 0.05) is 12.6 Å². The summed E-state index contributed by atoms with van der Waals surface area (Å²) in [4.78, 5) is 0. The molecule has 0 spiro atoms. The molecule has 1 aromatic carbocycles.